The third-order valence-electron chi connectivity index (χ3n) is 5.79. The Morgan fingerprint density at radius 2 is 1.62 bits per heavy atom. The number of nitrogen functional groups attached to an aromatic ring is 1. The normalized spacial score (nSPS) is 10.4. The van der Waals surface area contributed by atoms with Gasteiger partial charge in [-0.25, -0.2) is 0 Å². The lowest BCUT2D eigenvalue weighted by Crippen LogP contribution is -2.19. The second kappa shape index (κ2) is 11.8. The van der Waals surface area contributed by atoms with Crippen molar-refractivity contribution in [3.05, 3.63) is 113 Å². The van der Waals surface area contributed by atoms with E-state index in [2.05, 4.69) is 16.9 Å². The lowest BCUT2D eigenvalue weighted by molar-refractivity contribution is -0.128. The van der Waals surface area contributed by atoms with Crippen LogP contribution >= 0.6 is 0 Å². The van der Waals surface area contributed by atoms with Gasteiger partial charge in [0, 0.05) is 48.2 Å². The van der Waals surface area contributed by atoms with Crippen molar-refractivity contribution in [3.8, 4) is 22.6 Å². The molecular formula is C30H29N3O4. The molecule has 0 unspecified atom stereocenters. The molecule has 0 saturated carbocycles. The molecule has 5 aromatic rings. The quantitative estimate of drug-likeness (QED) is 0.234. The Hall–Kier alpha value is -4.78. The van der Waals surface area contributed by atoms with E-state index in [1.807, 2.05) is 89.8 Å². The molecule has 2 N–H and O–H groups in total. The molecule has 3 aromatic carbocycles. The smallest absolute Gasteiger partial charge is 0.293 e. The first-order valence-electron chi connectivity index (χ1n) is 11.9. The van der Waals surface area contributed by atoms with Crippen LogP contribution in [0.3, 0.4) is 0 Å². The number of ether oxygens (including phenoxy) is 2. The maximum Gasteiger partial charge on any atom is 0.293 e. The monoisotopic (exact) mass is 495 g/mol. The summed E-state index contributed by atoms with van der Waals surface area (Å²) in [7, 11) is 1.77. The molecule has 0 bridgehead atoms. The van der Waals surface area contributed by atoms with Crippen molar-refractivity contribution in [3.63, 3.8) is 0 Å². The predicted molar refractivity (Wildman–Crippen MR) is 147 cm³/mol. The number of nitrogens with two attached hydrogens (primary N) is 1. The maximum absolute atomic E-state index is 13.1. The third-order valence-corrected chi connectivity index (χ3v) is 5.79. The molecule has 2 heterocycles. The van der Waals surface area contributed by atoms with Gasteiger partial charge < -0.3 is 24.3 Å². The number of aromatic nitrogens is 2. The van der Waals surface area contributed by atoms with E-state index in [1.165, 1.54) is 0 Å². The Morgan fingerprint density at radius 1 is 0.919 bits per heavy atom. The molecule has 0 saturated heterocycles. The Labute approximate surface area is 215 Å². The number of hydrogen-bond acceptors (Lipinski definition) is 5. The van der Waals surface area contributed by atoms with Gasteiger partial charge in [-0.05, 0) is 48.9 Å². The first-order chi connectivity index (χ1) is 18.0. The fourth-order valence-electron chi connectivity index (χ4n) is 4.07. The van der Waals surface area contributed by atoms with Gasteiger partial charge in [0.25, 0.3) is 12.0 Å². The van der Waals surface area contributed by atoms with Gasteiger partial charge in [-0.3, -0.25) is 9.59 Å². The number of pyridine rings is 1. The van der Waals surface area contributed by atoms with E-state index >= 15 is 0 Å². The minimum Gasteiger partial charge on any atom is -0.468 e. The van der Waals surface area contributed by atoms with Crippen LogP contribution in [0, 0.1) is 0 Å². The molecule has 37 heavy (non-hydrogen) atoms. The van der Waals surface area contributed by atoms with E-state index < -0.39 is 0 Å². The molecule has 0 atom stereocenters. The summed E-state index contributed by atoms with van der Waals surface area (Å²) in [6.07, 6.45) is 3.82. The summed E-state index contributed by atoms with van der Waals surface area (Å²) in [5.41, 5.74) is 10.3. The molecule has 7 nitrogen and oxygen atoms in total. The Kier molecular flexibility index (Phi) is 8.05. The van der Waals surface area contributed by atoms with E-state index in [0.717, 1.165) is 27.8 Å². The zero-order valence-electron chi connectivity index (χ0n) is 20.8. The number of benzene rings is 3. The van der Waals surface area contributed by atoms with Crippen LogP contribution in [0.5, 0.6) is 11.5 Å². The van der Waals surface area contributed by atoms with Gasteiger partial charge in [-0.2, -0.15) is 0 Å². The second-order valence-corrected chi connectivity index (χ2v) is 8.37. The van der Waals surface area contributed by atoms with Gasteiger partial charge in [-0.15, -0.1) is 0 Å². The van der Waals surface area contributed by atoms with Crippen molar-refractivity contribution in [1.29, 1.82) is 0 Å². The summed E-state index contributed by atoms with van der Waals surface area (Å²) in [5, 5.41) is 0.868. The summed E-state index contributed by atoms with van der Waals surface area (Å²) >= 11 is 0. The summed E-state index contributed by atoms with van der Waals surface area (Å²) in [5.74, 6) is 1.42. The van der Waals surface area contributed by atoms with Crippen molar-refractivity contribution < 1.29 is 14.3 Å². The van der Waals surface area contributed by atoms with Gasteiger partial charge in [0.05, 0.1) is 6.61 Å². The number of nitrogens with zero attached hydrogens (tertiary/aromatic N) is 2. The van der Waals surface area contributed by atoms with Crippen LogP contribution in [-0.4, -0.2) is 22.2 Å². The van der Waals surface area contributed by atoms with Gasteiger partial charge in [0.1, 0.15) is 17.0 Å². The first kappa shape index (κ1) is 25.3. The molecular weight excluding hydrogens is 466 g/mol. The Bertz CT molecular complexity index is 1540. The van der Waals surface area contributed by atoms with Crippen molar-refractivity contribution in [2.24, 2.45) is 7.05 Å². The topological polar surface area (TPSA) is 88.5 Å². The molecule has 0 aliphatic rings. The van der Waals surface area contributed by atoms with Crippen LogP contribution in [0.15, 0.2) is 102 Å². The zero-order chi connectivity index (χ0) is 26.2. The molecule has 0 radical (unpaired) electrons. The molecule has 188 valence electrons. The lowest BCUT2D eigenvalue weighted by Gasteiger charge is -2.15. The van der Waals surface area contributed by atoms with Crippen molar-refractivity contribution in [2.45, 2.75) is 13.5 Å². The van der Waals surface area contributed by atoms with Crippen molar-refractivity contribution in [2.75, 3.05) is 12.3 Å². The number of aryl methyl sites for hydroxylation is 1. The third kappa shape index (κ3) is 5.90. The van der Waals surface area contributed by atoms with Gasteiger partial charge in [0.15, 0.2) is 0 Å². The SMILES string of the molecule is CCOC=O.Cn1cc(-c2cc(N)ccc2Oc2ccccc2)c2ccn(Cc3ccccc3)c2c1=O. The van der Waals surface area contributed by atoms with Crippen LogP contribution in [0.25, 0.3) is 22.0 Å². The second-order valence-electron chi connectivity index (χ2n) is 8.37. The van der Waals surface area contributed by atoms with Crippen LogP contribution in [0.2, 0.25) is 0 Å². The standard InChI is InChI=1S/C27H23N3O2.C3H6O2/c1-29-18-24(23-16-20(28)12-13-25(23)32-21-10-6-3-7-11-21)22-14-15-30(26(22)27(29)31)17-19-8-4-2-5-9-19;1-2-5-3-4/h2-16,18H,17,28H2,1H3;3H,2H2,1H3. The number of anilines is 1. The maximum atomic E-state index is 13.1. The summed E-state index contributed by atoms with van der Waals surface area (Å²) in [6.45, 7) is 3.28. The van der Waals surface area contributed by atoms with Crippen molar-refractivity contribution in [1.82, 2.24) is 9.13 Å². The molecule has 0 amide bonds. The first-order valence-corrected chi connectivity index (χ1v) is 11.9. The lowest BCUT2D eigenvalue weighted by atomic mass is 10.0. The molecule has 7 heteroatoms. The molecule has 0 spiro atoms. The van der Waals surface area contributed by atoms with E-state index in [0.29, 0.717) is 36.6 Å². The van der Waals surface area contributed by atoms with Crippen LogP contribution in [0.4, 0.5) is 5.69 Å². The number of fused-ring (bicyclic) bond motifs is 1. The fraction of sp³-hybridized carbons (Fsp3) is 0.133. The highest BCUT2D eigenvalue weighted by molar-refractivity contribution is 5.97. The number of carbonyl (C=O) groups is 1. The Balaban J connectivity index is 0.000000586. The zero-order valence-corrected chi connectivity index (χ0v) is 20.8. The largest absolute Gasteiger partial charge is 0.468 e. The average molecular weight is 496 g/mol. The average Bonchev–Trinajstić information content (AvgIpc) is 3.33. The van der Waals surface area contributed by atoms with E-state index in [1.54, 1.807) is 18.5 Å². The van der Waals surface area contributed by atoms with Crippen LogP contribution < -0.4 is 16.0 Å². The molecule has 0 fully saturated rings. The Morgan fingerprint density at radius 3 is 2.27 bits per heavy atom. The molecule has 0 aliphatic carbocycles. The summed E-state index contributed by atoms with van der Waals surface area (Å²) in [6, 6.07) is 27.3. The van der Waals surface area contributed by atoms with Gasteiger partial charge >= 0.3 is 0 Å². The highest BCUT2D eigenvalue weighted by Crippen LogP contribution is 2.38. The van der Waals surface area contributed by atoms with Gasteiger partial charge in [-0.1, -0.05) is 48.5 Å². The highest BCUT2D eigenvalue weighted by atomic mass is 16.5. The number of rotatable bonds is 7. The highest BCUT2D eigenvalue weighted by Gasteiger charge is 2.17. The summed E-state index contributed by atoms with van der Waals surface area (Å²) in [4.78, 5) is 22.3. The van der Waals surface area contributed by atoms with Gasteiger partial charge in [0.2, 0.25) is 0 Å². The molecule has 5 rings (SSSR count). The molecule has 0 aliphatic heterocycles. The number of para-hydroxylation sites is 1. The molecule has 2 aromatic heterocycles. The van der Waals surface area contributed by atoms with Crippen LogP contribution in [-0.2, 0) is 23.1 Å². The number of carbonyl (C=O) groups excluding carboxylic acids is 1. The van der Waals surface area contributed by atoms with E-state index in [9.17, 15) is 9.59 Å². The van der Waals surface area contributed by atoms with Crippen LogP contribution in [0.1, 0.15) is 12.5 Å². The van der Waals surface area contributed by atoms with Crippen molar-refractivity contribution >= 4 is 23.1 Å². The fourth-order valence-corrected chi connectivity index (χ4v) is 4.07. The minimum absolute atomic E-state index is 0.0425. The number of hydrogen-bond donors (Lipinski definition) is 1. The van der Waals surface area contributed by atoms with E-state index in [4.69, 9.17) is 10.5 Å². The van der Waals surface area contributed by atoms with E-state index in [-0.39, 0.29) is 5.56 Å². The summed E-state index contributed by atoms with van der Waals surface area (Å²) < 4.78 is 14.0. The predicted octanol–water partition coefficient (Wildman–Crippen LogP) is 5.61. The minimum atomic E-state index is -0.0425.